The van der Waals surface area contributed by atoms with Crippen LogP contribution in [0.15, 0.2) is 30.3 Å². The summed E-state index contributed by atoms with van der Waals surface area (Å²) >= 11 is 0. The topological polar surface area (TPSA) is 56.8 Å². The third kappa shape index (κ3) is 1.25. The molecule has 0 saturated heterocycles. The van der Waals surface area contributed by atoms with Gasteiger partial charge in [-0.1, -0.05) is 30.3 Å². The molecule has 0 unspecified atom stereocenters. The molecule has 1 heterocycles. The molecule has 1 aromatic heterocycles. The van der Waals surface area contributed by atoms with Gasteiger partial charge in [0.25, 0.3) is 0 Å². The van der Waals surface area contributed by atoms with E-state index in [1.807, 2.05) is 37.3 Å². The largest absolute Gasteiger partial charge is 0.495 e. The Kier molecular flexibility index (Phi) is 1.99. The third-order valence-corrected chi connectivity index (χ3v) is 2.09. The first-order valence-electron chi connectivity index (χ1n) is 4.28. The predicted octanol–water partition coefficient (Wildman–Crippen LogP) is 2.87. The Labute approximate surface area is 81.2 Å². The summed E-state index contributed by atoms with van der Waals surface area (Å²) < 4.78 is 0. The van der Waals surface area contributed by atoms with Gasteiger partial charge in [-0.25, -0.2) is 0 Å². The van der Waals surface area contributed by atoms with Gasteiger partial charge in [-0.3, -0.25) is 0 Å². The van der Waals surface area contributed by atoms with Crippen LogP contribution in [0.25, 0.3) is 16.1 Å². The summed E-state index contributed by atoms with van der Waals surface area (Å²) in [7, 11) is 0. The molecule has 0 aliphatic carbocycles. The number of hydrogen-bond donors (Lipinski definition) is 1. The van der Waals surface area contributed by atoms with E-state index in [-0.39, 0.29) is 0 Å². The Morgan fingerprint density at radius 3 is 2.64 bits per heavy atom. The van der Waals surface area contributed by atoms with E-state index in [2.05, 4.69) is 15.2 Å². The highest BCUT2D eigenvalue weighted by atomic mass is 15.2. The van der Waals surface area contributed by atoms with E-state index in [4.69, 9.17) is 5.39 Å². The van der Waals surface area contributed by atoms with Gasteiger partial charge in [0.2, 0.25) is 0 Å². The standard InChI is InChI=1S/C10H9N4/c1-7-9(10(12-11)14-13-7)8-5-3-2-4-6-8/h2-6H,1H3,(H,13,14)/q+1. The molecule has 68 valence electrons. The maximum Gasteiger partial charge on any atom is 0.495 e. The molecule has 14 heavy (non-hydrogen) atoms. The lowest BCUT2D eigenvalue weighted by atomic mass is 10.1. The molecule has 0 radical (unpaired) electrons. The van der Waals surface area contributed by atoms with E-state index in [1.165, 1.54) is 0 Å². The molecular weight excluding hydrogens is 176 g/mol. The van der Waals surface area contributed by atoms with E-state index in [0.29, 0.717) is 5.82 Å². The smallest absolute Gasteiger partial charge is 0.188 e. The lowest BCUT2D eigenvalue weighted by Gasteiger charge is -1.94. The second-order valence-electron chi connectivity index (χ2n) is 3.01. The van der Waals surface area contributed by atoms with Crippen LogP contribution < -0.4 is 0 Å². The van der Waals surface area contributed by atoms with Crippen LogP contribution in [0, 0.1) is 12.3 Å². The molecule has 0 saturated carbocycles. The Morgan fingerprint density at radius 2 is 2.00 bits per heavy atom. The Balaban J connectivity index is 2.63. The zero-order valence-electron chi connectivity index (χ0n) is 7.73. The minimum atomic E-state index is 0.328. The number of aromatic nitrogens is 2. The fourth-order valence-corrected chi connectivity index (χ4v) is 1.44. The number of hydrogen-bond acceptors (Lipinski definition) is 2. The number of diazo groups is 1. The van der Waals surface area contributed by atoms with Crippen molar-refractivity contribution in [1.82, 2.24) is 10.2 Å². The van der Waals surface area contributed by atoms with E-state index in [0.717, 1.165) is 16.8 Å². The molecule has 0 aliphatic heterocycles. The van der Waals surface area contributed by atoms with Gasteiger partial charge in [0.1, 0.15) is 5.56 Å². The van der Waals surface area contributed by atoms with Crippen LogP contribution in [-0.4, -0.2) is 10.2 Å². The lowest BCUT2D eigenvalue weighted by Crippen LogP contribution is -1.77. The first-order chi connectivity index (χ1) is 6.83. The number of nitrogens with zero attached hydrogens (tertiary/aromatic N) is 3. The first-order valence-corrected chi connectivity index (χ1v) is 4.28. The van der Waals surface area contributed by atoms with Gasteiger partial charge in [0.15, 0.2) is 0 Å². The average molecular weight is 185 g/mol. The van der Waals surface area contributed by atoms with Crippen molar-refractivity contribution in [1.29, 1.82) is 5.39 Å². The lowest BCUT2D eigenvalue weighted by molar-refractivity contribution is 1.05. The molecule has 0 amide bonds. The van der Waals surface area contributed by atoms with Gasteiger partial charge in [-0.15, -0.1) is 0 Å². The summed E-state index contributed by atoms with van der Waals surface area (Å²) in [6, 6.07) is 9.71. The van der Waals surface area contributed by atoms with Gasteiger partial charge in [0.05, 0.1) is 16.2 Å². The maximum atomic E-state index is 8.74. The van der Waals surface area contributed by atoms with E-state index in [9.17, 15) is 0 Å². The van der Waals surface area contributed by atoms with Crippen molar-refractivity contribution in [3.8, 4) is 11.1 Å². The van der Waals surface area contributed by atoms with E-state index >= 15 is 0 Å². The fourth-order valence-electron chi connectivity index (χ4n) is 1.44. The summed E-state index contributed by atoms with van der Waals surface area (Å²) in [5.41, 5.74) is 2.73. The summed E-state index contributed by atoms with van der Waals surface area (Å²) in [5.74, 6) is 0.328. The number of aryl methyl sites for hydroxylation is 1. The molecule has 0 atom stereocenters. The van der Waals surface area contributed by atoms with Crippen molar-refractivity contribution in [2.75, 3.05) is 0 Å². The van der Waals surface area contributed by atoms with E-state index in [1.54, 1.807) is 0 Å². The van der Waals surface area contributed by atoms with Crippen LogP contribution in [0.5, 0.6) is 0 Å². The molecular formula is C10H9N4+. The highest BCUT2D eigenvalue weighted by molar-refractivity contribution is 5.77. The third-order valence-electron chi connectivity index (χ3n) is 2.09. The second kappa shape index (κ2) is 3.30. The highest BCUT2D eigenvalue weighted by Crippen LogP contribution is 2.30. The molecule has 4 nitrogen and oxygen atoms in total. The number of H-pyrrole nitrogens is 1. The van der Waals surface area contributed by atoms with Crippen molar-refractivity contribution >= 4 is 5.82 Å². The zero-order valence-corrected chi connectivity index (χ0v) is 7.73. The Hall–Kier alpha value is -2.15. The van der Waals surface area contributed by atoms with Crippen molar-refractivity contribution in [3.05, 3.63) is 41.0 Å². The predicted molar refractivity (Wildman–Crippen MR) is 53.5 cm³/mol. The normalized spacial score (nSPS) is 9.71. The molecule has 0 bridgehead atoms. The zero-order chi connectivity index (χ0) is 9.97. The molecule has 0 fully saturated rings. The van der Waals surface area contributed by atoms with Gasteiger partial charge in [-0.05, 0) is 12.5 Å². The van der Waals surface area contributed by atoms with E-state index < -0.39 is 0 Å². The molecule has 2 rings (SSSR count). The minimum absolute atomic E-state index is 0.328. The van der Waals surface area contributed by atoms with Crippen LogP contribution in [0.4, 0.5) is 5.82 Å². The van der Waals surface area contributed by atoms with Crippen molar-refractivity contribution in [2.24, 2.45) is 0 Å². The number of rotatable bonds is 1. The summed E-state index contributed by atoms with van der Waals surface area (Å²) in [6.07, 6.45) is 0. The van der Waals surface area contributed by atoms with Crippen LogP contribution in [0.3, 0.4) is 0 Å². The van der Waals surface area contributed by atoms with Gasteiger partial charge in [0, 0.05) is 4.98 Å². The fraction of sp³-hybridized carbons (Fsp3) is 0.100. The van der Waals surface area contributed by atoms with Crippen molar-refractivity contribution in [3.63, 3.8) is 0 Å². The highest BCUT2D eigenvalue weighted by Gasteiger charge is 2.21. The summed E-state index contributed by atoms with van der Waals surface area (Å²) in [5, 5.41) is 15.4. The van der Waals surface area contributed by atoms with Gasteiger partial charge < -0.3 is 0 Å². The Morgan fingerprint density at radius 1 is 1.29 bits per heavy atom. The molecule has 1 aromatic carbocycles. The SMILES string of the molecule is Cc1[nH]nc([N+]#N)c1-c1ccccc1. The van der Waals surface area contributed by atoms with Crippen LogP contribution in [-0.2, 0) is 0 Å². The molecule has 0 aliphatic rings. The first kappa shape index (κ1) is 8.45. The van der Waals surface area contributed by atoms with Crippen LogP contribution >= 0.6 is 0 Å². The Bertz CT molecular complexity index is 479. The average Bonchev–Trinajstić information content (AvgIpc) is 2.61. The van der Waals surface area contributed by atoms with Crippen LogP contribution in [0.2, 0.25) is 0 Å². The van der Waals surface area contributed by atoms with Crippen molar-refractivity contribution < 1.29 is 0 Å². The number of aromatic amines is 1. The molecule has 2 aromatic rings. The molecule has 1 N–H and O–H groups in total. The van der Waals surface area contributed by atoms with Gasteiger partial charge >= 0.3 is 5.82 Å². The maximum absolute atomic E-state index is 8.74. The molecule has 4 heteroatoms. The van der Waals surface area contributed by atoms with Crippen molar-refractivity contribution in [2.45, 2.75) is 6.92 Å². The number of nitrogens with one attached hydrogen (secondary N) is 1. The minimum Gasteiger partial charge on any atom is -0.188 e. The second-order valence-corrected chi connectivity index (χ2v) is 3.01. The monoisotopic (exact) mass is 185 g/mol. The van der Waals surface area contributed by atoms with Crippen LogP contribution in [0.1, 0.15) is 5.69 Å². The number of benzene rings is 1. The summed E-state index contributed by atoms with van der Waals surface area (Å²) in [6.45, 7) is 1.89. The molecule has 0 spiro atoms. The summed E-state index contributed by atoms with van der Waals surface area (Å²) in [4.78, 5) is 3.13. The van der Waals surface area contributed by atoms with Gasteiger partial charge in [-0.2, -0.15) is 5.10 Å². The quantitative estimate of drug-likeness (QED) is 0.694.